The molecule has 21 heavy (non-hydrogen) atoms. The fourth-order valence-corrected chi connectivity index (χ4v) is 3.01. The minimum Gasteiger partial charge on any atom is -0.382 e. The van der Waals surface area contributed by atoms with Crippen molar-refractivity contribution in [2.45, 2.75) is 32.2 Å². The van der Waals surface area contributed by atoms with Gasteiger partial charge in [-0.25, -0.2) is 4.98 Å². The average Bonchev–Trinajstić information content (AvgIpc) is 2.90. The van der Waals surface area contributed by atoms with Crippen molar-refractivity contribution in [3.8, 4) is 0 Å². The van der Waals surface area contributed by atoms with Crippen LogP contribution in [0.25, 0.3) is 0 Å². The Balaban J connectivity index is 1.97. The lowest BCUT2D eigenvalue weighted by molar-refractivity contribution is -0.384. The van der Waals surface area contributed by atoms with Crippen LogP contribution < -0.4 is 5.32 Å². The molecular formula is C15H18N4O2. The van der Waals surface area contributed by atoms with Crippen LogP contribution in [0.4, 0.5) is 11.4 Å². The molecule has 6 heteroatoms. The Morgan fingerprint density at radius 1 is 1.38 bits per heavy atom. The molecule has 1 aromatic carbocycles. The quantitative estimate of drug-likeness (QED) is 0.693. The van der Waals surface area contributed by atoms with Crippen LogP contribution in [-0.2, 0) is 19.4 Å². The minimum atomic E-state index is -0.349. The first-order valence-electron chi connectivity index (χ1n) is 7.17. The number of aromatic nitrogens is 2. The lowest BCUT2D eigenvalue weighted by Gasteiger charge is -2.15. The largest absolute Gasteiger partial charge is 0.382 e. The molecule has 1 heterocycles. The SMILES string of the molecule is CNc1c(Cn2cnc3c2CCCC3)cccc1[N+](=O)[O-]. The third-order valence-electron chi connectivity index (χ3n) is 4.03. The van der Waals surface area contributed by atoms with Crippen molar-refractivity contribution < 1.29 is 4.92 Å². The van der Waals surface area contributed by atoms with Gasteiger partial charge in [0, 0.05) is 24.4 Å². The number of para-hydroxylation sites is 1. The summed E-state index contributed by atoms with van der Waals surface area (Å²) in [4.78, 5) is 15.2. The molecule has 110 valence electrons. The predicted molar refractivity (Wildman–Crippen MR) is 80.6 cm³/mol. The minimum absolute atomic E-state index is 0.115. The average molecular weight is 286 g/mol. The van der Waals surface area contributed by atoms with Crippen LogP contribution >= 0.6 is 0 Å². The summed E-state index contributed by atoms with van der Waals surface area (Å²) in [5.41, 5.74) is 4.06. The molecule has 0 saturated heterocycles. The van der Waals surface area contributed by atoms with Gasteiger partial charge in [-0.2, -0.15) is 0 Å². The normalized spacial score (nSPS) is 13.8. The van der Waals surface area contributed by atoms with Crippen molar-refractivity contribution in [1.82, 2.24) is 9.55 Å². The highest BCUT2D eigenvalue weighted by atomic mass is 16.6. The van der Waals surface area contributed by atoms with Gasteiger partial charge in [0.25, 0.3) is 5.69 Å². The van der Waals surface area contributed by atoms with Crippen LogP contribution in [0.3, 0.4) is 0 Å². The number of nitrogens with one attached hydrogen (secondary N) is 1. The second-order valence-electron chi connectivity index (χ2n) is 5.29. The molecule has 2 aromatic rings. The van der Waals surface area contributed by atoms with E-state index in [1.54, 1.807) is 13.1 Å². The van der Waals surface area contributed by atoms with Crippen molar-refractivity contribution in [1.29, 1.82) is 0 Å². The Labute approximate surface area is 123 Å². The summed E-state index contributed by atoms with van der Waals surface area (Å²) in [6.07, 6.45) is 6.32. The van der Waals surface area contributed by atoms with E-state index in [2.05, 4.69) is 14.9 Å². The fourth-order valence-electron chi connectivity index (χ4n) is 3.01. The molecule has 3 rings (SSSR count). The first-order chi connectivity index (χ1) is 10.2. The molecule has 0 saturated carbocycles. The molecular weight excluding hydrogens is 268 g/mol. The van der Waals surface area contributed by atoms with Gasteiger partial charge in [-0.3, -0.25) is 10.1 Å². The second kappa shape index (κ2) is 5.55. The van der Waals surface area contributed by atoms with E-state index in [1.165, 1.54) is 30.3 Å². The van der Waals surface area contributed by atoms with Gasteiger partial charge < -0.3 is 9.88 Å². The number of nitro benzene ring substituents is 1. The van der Waals surface area contributed by atoms with Gasteiger partial charge in [0.2, 0.25) is 0 Å². The monoisotopic (exact) mass is 286 g/mol. The summed E-state index contributed by atoms with van der Waals surface area (Å²) in [7, 11) is 1.72. The van der Waals surface area contributed by atoms with Crippen LogP contribution in [0.15, 0.2) is 24.5 Å². The zero-order chi connectivity index (χ0) is 14.8. The van der Waals surface area contributed by atoms with Crippen LogP contribution in [-0.4, -0.2) is 21.5 Å². The van der Waals surface area contributed by atoms with E-state index in [1.807, 2.05) is 12.4 Å². The topological polar surface area (TPSA) is 73.0 Å². The van der Waals surface area contributed by atoms with Crippen molar-refractivity contribution in [3.63, 3.8) is 0 Å². The maximum Gasteiger partial charge on any atom is 0.292 e. The number of nitro groups is 1. The van der Waals surface area contributed by atoms with Gasteiger partial charge in [-0.1, -0.05) is 12.1 Å². The fraction of sp³-hybridized carbons (Fsp3) is 0.400. The lowest BCUT2D eigenvalue weighted by atomic mass is 10.0. The van der Waals surface area contributed by atoms with E-state index < -0.39 is 0 Å². The van der Waals surface area contributed by atoms with Crippen molar-refractivity contribution in [2.24, 2.45) is 0 Å². The number of imidazole rings is 1. The Morgan fingerprint density at radius 2 is 2.19 bits per heavy atom. The molecule has 6 nitrogen and oxygen atoms in total. The third-order valence-corrected chi connectivity index (χ3v) is 4.03. The van der Waals surface area contributed by atoms with Crippen molar-refractivity contribution in [3.05, 3.63) is 51.6 Å². The van der Waals surface area contributed by atoms with Gasteiger partial charge in [0.15, 0.2) is 0 Å². The maximum atomic E-state index is 11.1. The molecule has 1 aromatic heterocycles. The van der Waals surface area contributed by atoms with E-state index >= 15 is 0 Å². The highest BCUT2D eigenvalue weighted by Crippen LogP contribution is 2.29. The molecule has 0 bridgehead atoms. The molecule has 1 N–H and O–H groups in total. The molecule has 0 spiro atoms. The van der Waals surface area contributed by atoms with Crippen LogP contribution in [0.2, 0.25) is 0 Å². The number of hydrogen-bond acceptors (Lipinski definition) is 4. The summed E-state index contributed by atoms with van der Waals surface area (Å²) in [5, 5.41) is 14.1. The number of rotatable bonds is 4. The summed E-state index contributed by atoms with van der Waals surface area (Å²) in [6.45, 7) is 0.611. The molecule has 0 amide bonds. The van der Waals surface area contributed by atoms with Gasteiger partial charge in [-0.15, -0.1) is 0 Å². The molecule has 1 aliphatic rings. The first-order valence-corrected chi connectivity index (χ1v) is 7.17. The van der Waals surface area contributed by atoms with Gasteiger partial charge in [0.1, 0.15) is 5.69 Å². The molecule has 1 aliphatic carbocycles. The predicted octanol–water partition coefficient (Wildman–Crippen LogP) is 2.76. The number of nitrogens with zero attached hydrogens (tertiary/aromatic N) is 3. The van der Waals surface area contributed by atoms with Gasteiger partial charge in [0.05, 0.1) is 23.5 Å². The number of anilines is 1. The van der Waals surface area contributed by atoms with E-state index in [9.17, 15) is 10.1 Å². The maximum absolute atomic E-state index is 11.1. The number of fused-ring (bicyclic) bond motifs is 1. The van der Waals surface area contributed by atoms with Crippen LogP contribution in [0.5, 0.6) is 0 Å². The van der Waals surface area contributed by atoms with E-state index in [4.69, 9.17) is 0 Å². The molecule has 0 radical (unpaired) electrons. The Hall–Kier alpha value is -2.37. The van der Waals surface area contributed by atoms with E-state index in [-0.39, 0.29) is 10.6 Å². The summed E-state index contributed by atoms with van der Waals surface area (Å²) < 4.78 is 2.12. The Kier molecular flexibility index (Phi) is 3.60. The summed E-state index contributed by atoms with van der Waals surface area (Å²) in [5.74, 6) is 0. The van der Waals surface area contributed by atoms with Crippen LogP contribution in [0.1, 0.15) is 29.8 Å². The zero-order valence-electron chi connectivity index (χ0n) is 12.0. The van der Waals surface area contributed by atoms with Crippen LogP contribution in [0, 0.1) is 10.1 Å². The zero-order valence-corrected chi connectivity index (χ0v) is 12.0. The number of hydrogen-bond donors (Lipinski definition) is 1. The molecule has 0 fully saturated rings. The first kappa shape index (κ1) is 13.6. The summed E-state index contributed by atoms with van der Waals surface area (Å²) >= 11 is 0. The highest BCUT2D eigenvalue weighted by Gasteiger charge is 2.19. The van der Waals surface area contributed by atoms with Gasteiger partial charge in [-0.05, 0) is 25.7 Å². The second-order valence-corrected chi connectivity index (χ2v) is 5.29. The highest BCUT2D eigenvalue weighted by molar-refractivity contribution is 5.66. The van der Waals surface area contributed by atoms with Crippen molar-refractivity contribution in [2.75, 3.05) is 12.4 Å². The number of benzene rings is 1. The number of aryl methyl sites for hydroxylation is 1. The molecule has 0 unspecified atom stereocenters. The Bertz CT molecular complexity index is 678. The summed E-state index contributed by atoms with van der Waals surface area (Å²) in [6, 6.07) is 5.18. The lowest BCUT2D eigenvalue weighted by Crippen LogP contribution is -2.10. The molecule has 0 aliphatic heterocycles. The third kappa shape index (κ3) is 2.49. The van der Waals surface area contributed by atoms with Gasteiger partial charge >= 0.3 is 0 Å². The Morgan fingerprint density at radius 3 is 2.95 bits per heavy atom. The smallest absolute Gasteiger partial charge is 0.292 e. The van der Waals surface area contributed by atoms with E-state index in [0.717, 1.165) is 18.4 Å². The molecule has 0 atom stereocenters. The van der Waals surface area contributed by atoms with E-state index in [0.29, 0.717) is 12.2 Å². The van der Waals surface area contributed by atoms with Crippen molar-refractivity contribution >= 4 is 11.4 Å². The standard InChI is InChI=1S/C15H18N4O2/c1-16-15-11(5-4-8-14(15)19(20)21)9-18-10-17-12-6-2-3-7-13(12)18/h4-5,8,10,16H,2-3,6-7,9H2,1H3.